The number of amides is 2. The molecule has 2 aromatic heterocycles. The van der Waals surface area contributed by atoms with Gasteiger partial charge in [-0.3, -0.25) is 14.4 Å². The first-order valence-electron chi connectivity index (χ1n) is 11.0. The molecule has 0 radical (unpaired) electrons. The molecular formula is C24H24FN5O3. The van der Waals surface area contributed by atoms with Crippen LogP contribution in [0, 0.1) is 5.82 Å². The average molecular weight is 449 g/mol. The van der Waals surface area contributed by atoms with Crippen LogP contribution in [0.5, 0.6) is 0 Å². The van der Waals surface area contributed by atoms with Crippen molar-refractivity contribution >= 4 is 34.2 Å². The number of fused-ring (bicyclic) bond motifs is 1. The van der Waals surface area contributed by atoms with Crippen LogP contribution in [0.2, 0.25) is 0 Å². The van der Waals surface area contributed by atoms with Crippen LogP contribution in [0.3, 0.4) is 0 Å². The first kappa shape index (κ1) is 21.1. The summed E-state index contributed by atoms with van der Waals surface area (Å²) in [4.78, 5) is 45.4. The van der Waals surface area contributed by atoms with Gasteiger partial charge >= 0.3 is 0 Å². The van der Waals surface area contributed by atoms with Crippen LogP contribution >= 0.6 is 0 Å². The molecule has 1 N–H and O–H groups in total. The van der Waals surface area contributed by atoms with Gasteiger partial charge in [0.15, 0.2) is 0 Å². The van der Waals surface area contributed by atoms with E-state index in [0.29, 0.717) is 43.2 Å². The maximum atomic E-state index is 15.2. The summed E-state index contributed by atoms with van der Waals surface area (Å²) in [6.07, 6.45) is 4.99. The number of carbonyl (C=O) groups excluding carboxylic acids is 2. The van der Waals surface area contributed by atoms with Crippen LogP contribution < -0.4 is 15.6 Å². The maximum Gasteiger partial charge on any atom is 0.262 e. The molecule has 0 unspecified atom stereocenters. The molecule has 2 aliphatic rings. The van der Waals surface area contributed by atoms with E-state index in [2.05, 4.69) is 10.3 Å². The highest BCUT2D eigenvalue weighted by atomic mass is 19.1. The molecule has 0 atom stereocenters. The van der Waals surface area contributed by atoms with Gasteiger partial charge in [-0.15, -0.1) is 0 Å². The van der Waals surface area contributed by atoms with E-state index < -0.39 is 17.2 Å². The van der Waals surface area contributed by atoms with Crippen LogP contribution in [-0.2, 0) is 4.79 Å². The van der Waals surface area contributed by atoms with Crippen LogP contribution in [0.15, 0.2) is 47.5 Å². The molecule has 170 valence electrons. The largest absolute Gasteiger partial charge is 0.366 e. The van der Waals surface area contributed by atoms with Gasteiger partial charge in [0, 0.05) is 56.9 Å². The molecule has 1 saturated carbocycles. The number of pyridine rings is 2. The normalized spacial score (nSPS) is 16.2. The lowest BCUT2D eigenvalue weighted by molar-refractivity contribution is -0.129. The Morgan fingerprint density at radius 1 is 1.12 bits per heavy atom. The number of halogens is 1. The van der Waals surface area contributed by atoms with Gasteiger partial charge in [0.25, 0.3) is 5.91 Å². The molecule has 0 spiro atoms. The van der Waals surface area contributed by atoms with Crippen molar-refractivity contribution in [2.45, 2.75) is 25.8 Å². The highest BCUT2D eigenvalue weighted by Crippen LogP contribution is 2.38. The summed E-state index contributed by atoms with van der Waals surface area (Å²) in [7, 11) is 0. The topological polar surface area (TPSA) is 87.5 Å². The summed E-state index contributed by atoms with van der Waals surface area (Å²) >= 11 is 0. The fourth-order valence-corrected chi connectivity index (χ4v) is 4.30. The average Bonchev–Trinajstić information content (AvgIpc) is 3.65. The first-order valence-corrected chi connectivity index (χ1v) is 11.0. The van der Waals surface area contributed by atoms with Crippen molar-refractivity contribution in [1.82, 2.24) is 14.5 Å². The first-order chi connectivity index (χ1) is 15.9. The summed E-state index contributed by atoms with van der Waals surface area (Å²) in [5.41, 5.74) is 0.469. The monoisotopic (exact) mass is 449 g/mol. The third-order valence-corrected chi connectivity index (χ3v) is 6.26. The minimum Gasteiger partial charge on any atom is -0.366 e. The molecule has 2 amide bonds. The summed E-state index contributed by atoms with van der Waals surface area (Å²) in [6.45, 7) is 3.60. The lowest BCUT2D eigenvalue weighted by atomic mass is 10.1. The number of nitrogens with one attached hydrogen (secondary N) is 1. The molecule has 1 saturated heterocycles. The number of piperazine rings is 1. The highest BCUT2D eigenvalue weighted by molar-refractivity contribution is 6.05. The molecule has 5 rings (SSSR count). The van der Waals surface area contributed by atoms with Crippen molar-refractivity contribution in [3.63, 3.8) is 0 Å². The zero-order valence-corrected chi connectivity index (χ0v) is 18.3. The van der Waals surface area contributed by atoms with E-state index in [1.165, 1.54) is 13.0 Å². The van der Waals surface area contributed by atoms with Crippen molar-refractivity contribution < 1.29 is 14.0 Å². The third kappa shape index (κ3) is 4.06. The zero-order chi connectivity index (χ0) is 23.1. The van der Waals surface area contributed by atoms with Gasteiger partial charge < -0.3 is 19.7 Å². The van der Waals surface area contributed by atoms with E-state index >= 15 is 4.39 Å². The maximum absolute atomic E-state index is 15.2. The van der Waals surface area contributed by atoms with Crippen molar-refractivity contribution in [2.75, 3.05) is 36.4 Å². The lowest BCUT2D eigenvalue weighted by Crippen LogP contribution is -2.48. The van der Waals surface area contributed by atoms with Gasteiger partial charge in [-0.25, -0.2) is 9.37 Å². The van der Waals surface area contributed by atoms with E-state index in [9.17, 15) is 14.4 Å². The van der Waals surface area contributed by atoms with Crippen molar-refractivity contribution in [2.24, 2.45) is 0 Å². The Bertz CT molecular complexity index is 1290. The Morgan fingerprint density at radius 3 is 2.52 bits per heavy atom. The number of nitrogens with zero attached hydrogens (tertiary/aromatic N) is 4. The fraction of sp³-hybridized carbons (Fsp3) is 0.333. The van der Waals surface area contributed by atoms with Crippen LogP contribution in [0.25, 0.3) is 10.9 Å². The van der Waals surface area contributed by atoms with Gasteiger partial charge in [-0.1, -0.05) is 6.07 Å². The van der Waals surface area contributed by atoms with Crippen LogP contribution in [0.1, 0.15) is 36.2 Å². The number of hydrogen-bond donors (Lipinski definition) is 1. The van der Waals surface area contributed by atoms with Crippen molar-refractivity contribution in [1.29, 1.82) is 0 Å². The Kier molecular flexibility index (Phi) is 5.32. The molecule has 3 aromatic rings. The second-order valence-electron chi connectivity index (χ2n) is 8.49. The fourth-order valence-electron chi connectivity index (χ4n) is 4.30. The number of aromatic nitrogens is 2. The second kappa shape index (κ2) is 8.31. The predicted octanol–water partition coefficient (Wildman–Crippen LogP) is 2.79. The highest BCUT2D eigenvalue weighted by Gasteiger charge is 2.29. The molecule has 1 aromatic carbocycles. The quantitative estimate of drug-likeness (QED) is 0.662. The van der Waals surface area contributed by atoms with E-state index in [-0.39, 0.29) is 22.9 Å². The molecule has 9 heteroatoms. The summed E-state index contributed by atoms with van der Waals surface area (Å²) in [5.74, 6) is -0.737. The number of anilines is 2. The summed E-state index contributed by atoms with van der Waals surface area (Å²) < 4.78 is 17.1. The minimum absolute atomic E-state index is 0.00714. The second-order valence-corrected chi connectivity index (χ2v) is 8.49. The summed E-state index contributed by atoms with van der Waals surface area (Å²) in [5, 5.41) is 2.82. The minimum atomic E-state index is -0.570. The zero-order valence-electron chi connectivity index (χ0n) is 18.3. The van der Waals surface area contributed by atoms with E-state index in [4.69, 9.17) is 0 Å². The van der Waals surface area contributed by atoms with Crippen molar-refractivity contribution in [3.8, 4) is 0 Å². The van der Waals surface area contributed by atoms with Gasteiger partial charge in [0.05, 0.1) is 11.2 Å². The van der Waals surface area contributed by atoms with Crippen LogP contribution in [0.4, 0.5) is 15.9 Å². The Morgan fingerprint density at radius 2 is 1.88 bits per heavy atom. The predicted molar refractivity (Wildman–Crippen MR) is 123 cm³/mol. The molecule has 1 aliphatic heterocycles. The standard InChI is InChI=1S/C24H24FN5O3/c1-15(31)28-8-10-29(11-9-28)21-13-20-17(12-19(21)25)23(32)18(14-30(20)16-5-6-16)24(33)27-22-4-2-3-7-26-22/h2-4,7,12-14,16H,5-6,8-11H2,1H3,(H,26,27,33). The van der Waals surface area contributed by atoms with Crippen LogP contribution in [-0.4, -0.2) is 52.4 Å². The number of rotatable bonds is 4. The Balaban J connectivity index is 1.54. The van der Waals surface area contributed by atoms with E-state index in [0.717, 1.165) is 12.8 Å². The summed E-state index contributed by atoms with van der Waals surface area (Å²) in [6, 6.07) is 8.21. The smallest absolute Gasteiger partial charge is 0.262 e. The third-order valence-electron chi connectivity index (χ3n) is 6.26. The number of benzene rings is 1. The number of hydrogen-bond acceptors (Lipinski definition) is 5. The Labute approximate surface area is 189 Å². The van der Waals surface area contributed by atoms with Gasteiger partial charge in [0.1, 0.15) is 17.2 Å². The molecule has 3 heterocycles. The molecule has 2 fully saturated rings. The molecule has 1 aliphatic carbocycles. The molecule has 0 bridgehead atoms. The van der Waals surface area contributed by atoms with Crippen molar-refractivity contribution in [3.05, 3.63) is 64.3 Å². The van der Waals surface area contributed by atoms with E-state index in [1.807, 2.05) is 9.47 Å². The SMILES string of the molecule is CC(=O)N1CCN(c2cc3c(cc2F)c(=O)c(C(=O)Nc2ccccn2)cn3C2CC2)CC1. The van der Waals surface area contributed by atoms with E-state index in [1.54, 1.807) is 41.6 Å². The molecule has 8 nitrogen and oxygen atoms in total. The molecular weight excluding hydrogens is 425 g/mol. The van der Waals surface area contributed by atoms with Gasteiger partial charge in [-0.2, -0.15) is 0 Å². The lowest BCUT2D eigenvalue weighted by Gasteiger charge is -2.36. The van der Waals surface area contributed by atoms with Gasteiger partial charge in [0.2, 0.25) is 11.3 Å². The molecule has 33 heavy (non-hydrogen) atoms. The van der Waals surface area contributed by atoms with Gasteiger partial charge in [-0.05, 0) is 37.1 Å². The Hall–Kier alpha value is -3.75. The number of carbonyl (C=O) groups is 2.